The molecule has 0 bridgehead atoms. The molecule has 1 aliphatic heterocycles. The molecule has 0 spiro atoms. The Kier molecular flexibility index (Phi) is 6.07. The number of anilines is 1. The summed E-state index contributed by atoms with van der Waals surface area (Å²) in [6.45, 7) is 0. The smallest absolute Gasteiger partial charge is 0.300 e. The minimum atomic E-state index is -0.985. The minimum absolute atomic E-state index is 0.133. The van der Waals surface area contributed by atoms with Crippen LogP contribution in [-0.4, -0.2) is 31.0 Å². The summed E-state index contributed by atoms with van der Waals surface area (Å²) in [6, 6.07) is 15.5. The van der Waals surface area contributed by atoms with Gasteiger partial charge in [0, 0.05) is 11.3 Å². The number of Topliss-reactive ketones (excluding diaryl/α,β-unsaturated/α-hetero) is 1. The van der Waals surface area contributed by atoms with E-state index in [4.69, 9.17) is 21.1 Å². The molecule has 0 saturated carbocycles. The number of ketones is 1. The molecule has 0 aliphatic carbocycles. The van der Waals surface area contributed by atoms with E-state index in [1.807, 2.05) is 0 Å². The second kappa shape index (κ2) is 8.96. The fraction of sp³-hybridized carbons (Fsp3) is 0.120. The first-order chi connectivity index (χ1) is 15.8. The molecule has 1 atom stereocenters. The molecule has 1 unspecified atom stereocenters. The van der Waals surface area contributed by atoms with Gasteiger partial charge in [-0.2, -0.15) is 0 Å². The molecular formula is C25H19ClFNO5. The van der Waals surface area contributed by atoms with Crippen molar-refractivity contribution < 1.29 is 28.6 Å². The molecule has 1 aliphatic rings. The van der Waals surface area contributed by atoms with Crippen LogP contribution in [0.5, 0.6) is 11.5 Å². The largest absolute Gasteiger partial charge is 0.507 e. The summed E-state index contributed by atoms with van der Waals surface area (Å²) >= 11 is 6.08. The molecule has 1 heterocycles. The lowest BCUT2D eigenvalue weighted by Crippen LogP contribution is -2.29. The number of nitrogens with zero attached hydrogens (tertiary/aromatic N) is 1. The monoisotopic (exact) mass is 467 g/mol. The first-order valence-corrected chi connectivity index (χ1v) is 10.3. The van der Waals surface area contributed by atoms with Gasteiger partial charge in [-0.1, -0.05) is 23.7 Å². The third-order valence-electron chi connectivity index (χ3n) is 5.41. The first-order valence-electron chi connectivity index (χ1n) is 9.90. The standard InChI is InChI=1S/C25H19ClFNO5/c1-32-18-10-8-17(9-11-18)28-22(14-3-6-16(27)7-4-14)21(24(30)25(28)31)23(29)15-5-12-19(26)20(13-15)33-2/h3-13,22,29H,1-2H3/b23-21-. The number of hydrogen-bond donors (Lipinski definition) is 1. The van der Waals surface area contributed by atoms with E-state index in [9.17, 15) is 19.1 Å². The summed E-state index contributed by atoms with van der Waals surface area (Å²) in [4.78, 5) is 27.5. The Bertz CT molecular complexity index is 1250. The van der Waals surface area contributed by atoms with E-state index in [1.165, 1.54) is 61.6 Å². The Morgan fingerprint density at radius 1 is 0.970 bits per heavy atom. The van der Waals surface area contributed by atoms with Crippen LogP contribution >= 0.6 is 11.6 Å². The average molecular weight is 468 g/mol. The van der Waals surface area contributed by atoms with Gasteiger partial charge in [0.15, 0.2) is 0 Å². The van der Waals surface area contributed by atoms with E-state index in [2.05, 4.69) is 0 Å². The summed E-state index contributed by atoms with van der Waals surface area (Å²) in [6.07, 6.45) is 0. The first kappa shape index (κ1) is 22.4. The number of aliphatic hydroxyl groups excluding tert-OH is 1. The number of benzene rings is 3. The second-order valence-corrected chi connectivity index (χ2v) is 7.68. The number of aliphatic hydroxyl groups is 1. The van der Waals surface area contributed by atoms with Crippen molar-refractivity contribution in [3.8, 4) is 11.5 Å². The molecular weight excluding hydrogens is 449 g/mol. The Hall–Kier alpha value is -3.84. The highest BCUT2D eigenvalue weighted by atomic mass is 35.5. The van der Waals surface area contributed by atoms with Crippen LogP contribution in [0.4, 0.5) is 10.1 Å². The molecule has 0 radical (unpaired) electrons. The maximum absolute atomic E-state index is 13.6. The van der Waals surface area contributed by atoms with Crippen molar-refractivity contribution in [2.75, 3.05) is 19.1 Å². The van der Waals surface area contributed by atoms with Crippen molar-refractivity contribution in [2.45, 2.75) is 6.04 Å². The van der Waals surface area contributed by atoms with Gasteiger partial charge in [-0.3, -0.25) is 14.5 Å². The van der Waals surface area contributed by atoms with Crippen molar-refractivity contribution >= 4 is 34.7 Å². The zero-order valence-corrected chi connectivity index (χ0v) is 18.5. The molecule has 1 N–H and O–H groups in total. The summed E-state index contributed by atoms with van der Waals surface area (Å²) in [5.74, 6) is -1.69. The highest BCUT2D eigenvalue weighted by Crippen LogP contribution is 2.43. The van der Waals surface area contributed by atoms with E-state index >= 15 is 0 Å². The summed E-state index contributed by atoms with van der Waals surface area (Å²) in [5, 5.41) is 11.5. The maximum Gasteiger partial charge on any atom is 0.300 e. The zero-order valence-electron chi connectivity index (χ0n) is 17.7. The van der Waals surface area contributed by atoms with Gasteiger partial charge < -0.3 is 14.6 Å². The normalized spacial score (nSPS) is 17.3. The predicted molar refractivity (Wildman–Crippen MR) is 122 cm³/mol. The van der Waals surface area contributed by atoms with E-state index < -0.39 is 29.3 Å². The Morgan fingerprint density at radius 2 is 1.64 bits per heavy atom. The fourth-order valence-electron chi connectivity index (χ4n) is 3.76. The van der Waals surface area contributed by atoms with Crippen LogP contribution < -0.4 is 14.4 Å². The van der Waals surface area contributed by atoms with Crippen molar-refractivity contribution in [1.29, 1.82) is 0 Å². The lowest BCUT2D eigenvalue weighted by molar-refractivity contribution is -0.132. The molecule has 1 saturated heterocycles. The second-order valence-electron chi connectivity index (χ2n) is 7.27. The highest BCUT2D eigenvalue weighted by molar-refractivity contribution is 6.51. The summed E-state index contributed by atoms with van der Waals surface area (Å²) < 4.78 is 24.0. The summed E-state index contributed by atoms with van der Waals surface area (Å²) in [7, 11) is 2.94. The molecule has 168 valence electrons. The number of rotatable bonds is 5. The third kappa shape index (κ3) is 4.03. The minimum Gasteiger partial charge on any atom is -0.507 e. The van der Waals surface area contributed by atoms with E-state index in [0.717, 1.165) is 0 Å². The van der Waals surface area contributed by atoms with E-state index in [0.29, 0.717) is 27.8 Å². The molecule has 1 fully saturated rings. The van der Waals surface area contributed by atoms with Crippen LogP contribution in [0.25, 0.3) is 5.76 Å². The molecule has 6 nitrogen and oxygen atoms in total. The van der Waals surface area contributed by atoms with Crippen LogP contribution in [0.2, 0.25) is 5.02 Å². The van der Waals surface area contributed by atoms with E-state index in [1.54, 1.807) is 24.3 Å². The van der Waals surface area contributed by atoms with Gasteiger partial charge in [0.05, 0.1) is 30.9 Å². The number of halogens is 2. The van der Waals surface area contributed by atoms with Gasteiger partial charge >= 0.3 is 0 Å². The van der Waals surface area contributed by atoms with Crippen molar-refractivity contribution in [3.63, 3.8) is 0 Å². The Balaban J connectivity index is 1.92. The van der Waals surface area contributed by atoms with Gasteiger partial charge in [-0.25, -0.2) is 4.39 Å². The fourth-order valence-corrected chi connectivity index (χ4v) is 3.96. The van der Waals surface area contributed by atoms with Crippen molar-refractivity contribution in [2.24, 2.45) is 0 Å². The number of carbonyl (C=O) groups excluding carboxylic acids is 2. The topological polar surface area (TPSA) is 76.1 Å². The Morgan fingerprint density at radius 3 is 2.24 bits per heavy atom. The van der Waals surface area contributed by atoms with Crippen LogP contribution in [-0.2, 0) is 9.59 Å². The molecule has 3 aromatic rings. The molecule has 1 amide bonds. The summed E-state index contributed by atoms with van der Waals surface area (Å²) in [5.41, 5.74) is 0.983. The number of methoxy groups -OCH3 is 2. The molecule has 0 aromatic heterocycles. The highest BCUT2D eigenvalue weighted by Gasteiger charge is 2.47. The number of carbonyl (C=O) groups is 2. The van der Waals surface area contributed by atoms with Gasteiger partial charge in [0.1, 0.15) is 23.1 Å². The molecule has 33 heavy (non-hydrogen) atoms. The molecule has 3 aromatic carbocycles. The van der Waals surface area contributed by atoms with Crippen LogP contribution in [0, 0.1) is 5.82 Å². The van der Waals surface area contributed by atoms with Crippen molar-refractivity contribution in [3.05, 3.63) is 94.3 Å². The predicted octanol–water partition coefficient (Wildman–Crippen LogP) is 5.12. The average Bonchev–Trinajstić information content (AvgIpc) is 3.10. The zero-order chi connectivity index (χ0) is 23.7. The van der Waals surface area contributed by atoms with Crippen LogP contribution in [0.15, 0.2) is 72.3 Å². The van der Waals surface area contributed by atoms with Gasteiger partial charge in [-0.05, 0) is 60.2 Å². The quantitative estimate of drug-likeness (QED) is 0.320. The lowest BCUT2D eigenvalue weighted by atomic mass is 9.95. The Labute approximate surface area is 194 Å². The van der Waals surface area contributed by atoms with E-state index in [-0.39, 0.29) is 11.1 Å². The van der Waals surface area contributed by atoms with Gasteiger partial charge in [-0.15, -0.1) is 0 Å². The van der Waals surface area contributed by atoms with Crippen LogP contribution in [0.3, 0.4) is 0 Å². The molecule has 4 rings (SSSR count). The lowest BCUT2D eigenvalue weighted by Gasteiger charge is -2.25. The van der Waals surface area contributed by atoms with Gasteiger partial charge in [0.2, 0.25) is 0 Å². The molecule has 8 heteroatoms. The van der Waals surface area contributed by atoms with Crippen LogP contribution in [0.1, 0.15) is 17.2 Å². The van der Waals surface area contributed by atoms with Crippen molar-refractivity contribution in [1.82, 2.24) is 0 Å². The number of ether oxygens (including phenoxy) is 2. The maximum atomic E-state index is 13.6. The number of hydrogen-bond acceptors (Lipinski definition) is 5. The number of amides is 1. The SMILES string of the molecule is COc1ccc(N2C(=O)C(=O)/C(=C(\O)c3ccc(Cl)c(OC)c3)C2c2ccc(F)cc2)cc1. The third-order valence-corrected chi connectivity index (χ3v) is 5.72. The van der Waals surface area contributed by atoms with Gasteiger partial charge in [0.25, 0.3) is 11.7 Å².